The number of methoxy groups -OCH3 is 1. The lowest BCUT2D eigenvalue weighted by molar-refractivity contribution is 0.263. The highest BCUT2D eigenvalue weighted by Crippen LogP contribution is 2.22. The first-order valence-electron chi connectivity index (χ1n) is 6.09. The zero-order valence-corrected chi connectivity index (χ0v) is 12.5. The third kappa shape index (κ3) is 5.18. The molecule has 0 spiro atoms. The Morgan fingerprint density at radius 2 is 2.11 bits per heavy atom. The van der Waals surface area contributed by atoms with E-state index in [1.54, 1.807) is 7.11 Å². The highest BCUT2D eigenvalue weighted by Gasteiger charge is 2.17. The van der Waals surface area contributed by atoms with Crippen molar-refractivity contribution in [2.45, 2.75) is 6.04 Å². The van der Waals surface area contributed by atoms with Gasteiger partial charge in [0.25, 0.3) is 0 Å². The highest BCUT2D eigenvalue weighted by atomic mass is 32.2. The van der Waals surface area contributed by atoms with Crippen LogP contribution in [0, 0.1) is 0 Å². The summed E-state index contributed by atoms with van der Waals surface area (Å²) in [6.07, 6.45) is 1.24. The zero-order valence-electron chi connectivity index (χ0n) is 11.7. The molecule has 1 atom stereocenters. The molecule has 0 saturated carbocycles. The van der Waals surface area contributed by atoms with Crippen molar-refractivity contribution in [1.29, 1.82) is 0 Å². The van der Waals surface area contributed by atoms with Gasteiger partial charge in [0.1, 0.15) is 15.6 Å². The van der Waals surface area contributed by atoms with E-state index in [1.165, 1.54) is 6.26 Å². The van der Waals surface area contributed by atoms with Gasteiger partial charge in [-0.2, -0.15) is 0 Å². The summed E-state index contributed by atoms with van der Waals surface area (Å²) in [4.78, 5) is 1.95. The number of nitrogens with zero attached hydrogens (tertiary/aromatic N) is 1. The van der Waals surface area contributed by atoms with Crippen LogP contribution in [0.4, 0.5) is 0 Å². The van der Waals surface area contributed by atoms with Gasteiger partial charge in [-0.25, -0.2) is 8.42 Å². The number of hydrogen-bond acceptors (Lipinski definition) is 5. The van der Waals surface area contributed by atoms with E-state index in [0.717, 1.165) is 11.3 Å². The zero-order chi connectivity index (χ0) is 14.5. The van der Waals surface area contributed by atoms with E-state index in [1.807, 2.05) is 36.2 Å². The Labute approximate surface area is 115 Å². The molecular formula is C13H22N2O3S. The van der Waals surface area contributed by atoms with E-state index in [-0.39, 0.29) is 11.8 Å². The highest BCUT2D eigenvalue weighted by molar-refractivity contribution is 7.90. The smallest absolute Gasteiger partial charge is 0.148 e. The quantitative estimate of drug-likeness (QED) is 0.797. The summed E-state index contributed by atoms with van der Waals surface area (Å²) in [5.74, 6) is 0.900. The fourth-order valence-corrected chi connectivity index (χ4v) is 2.50. The van der Waals surface area contributed by atoms with Crippen LogP contribution in [0.25, 0.3) is 0 Å². The standard InChI is InChI=1S/C13H22N2O3S/c1-15(7-8-19(3,16)17)13(10-14)11-5-4-6-12(9-11)18-2/h4-6,9,13H,7-8,10,14H2,1-3H3. The lowest BCUT2D eigenvalue weighted by Crippen LogP contribution is -2.34. The molecule has 19 heavy (non-hydrogen) atoms. The van der Waals surface area contributed by atoms with Crippen LogP contribution in [-0.4, -0.2) is 52.6 Å². The SMILES string of the molecule is COc1cccc(C(CN)N(C)CCS(C)(=O)=O)c1. The average Bonchev–Trinajstić information content (AvgIpc) is 2.37. The van der Waals surface area contributed by atoms with Crippen molar-refractivity contribution in [1.82, 2.24) is 4.90 Å². The molecule has 1 aromatic carbocycles. The molecule has 0 bridgehead atoms. The number of likely N-dealkylation sites (N-methyl/N-ethyl adjacent to an activating group) is 1. The lowest BCUT2D eigenvalue weighted by atomic mass is 10.1. The summed E-state index contributed by atoms with van der Waals surface area (Å²) in [6.45, 7) is 0.880. The number of hydrogen-bond donors (Lipinski definition) is 1. The monoisotopic (exact) mass is 286 g/mol. The van der Waals surface area contributed by atoms with Crippen molar-refractivity contribution in [2.24, 2.45) is 5.73 Å². The molecular weight excluding hydrogens is 264 g/mol. The summed E-state index contributed by atoms with van der Waals surface area (Å²) < 4.78 is 27.6. The Balaban J connectivity index is 2.81. The van der Waals surface area contributed by atoms with Crippen molar-refractivity contribution in [3.63, 3.8) is 0 Å². The number of ether oxygens (including phenoxy) is 1. The predicted molar refractivity (Wildman–Crippen MR) is 77.1 cm³/mol. The molecule has 0 heterocycles. The third-order valence-corrected chi connectivity index (χ3v) is 3.97. The van der Waals surface area contributed by atoms with Crippen LogP contribution < -0.4 is 10.5 Å². The maximum Gasteiger partial charge on any atom is 0.148 e. The molecule has 1 aromatic rings. The van der Waals surface area contributed by atoms with Gasteiger partial charge in [-0.15, -0.1) is 0 Å². The number of sulfone groups is 1. The third-order valence-electron chi connectivity index (χ3n) is 3.05. The second kappa shape index (κ2) is 6.88. The van der Waals surface area contributed by atoms with Gasteiger partial charge in [0, 0.05) is 25.4 Å². The fraction of sp³-hybridized carbons (Fsp3) is 0.538. The molecule has 6 heteroatoms. The molecule has 1 rings (SSSR count). The largest absolute Gasteiger partial charge is 0.497 e. The van der Waals surface area contributed by atoms with E-state index in [4.69, 9.17) is 10.5 Å². The van der Waals surface area contributed by atoms with Gasteiger partial charge in [0.15, 0.2) is 0 Å². The molecule has 0 fully saturated rings. The fourth-order valence-electron chi connectivity index (χ4n) is 1.88. The summed E-state index contributed by atoms with van der Waals surface area (Å²) in [7, 11) is 0.529. The summed E-state index contributed by atoms with van der Waals surface area (Å²) in [5, 5.41) is 0. The van der Waals surface area contributed by atoms with Crippen molar-refractivity contribution in [3.8, 4) is 5.75 Å². The number of benzene rings is 1. The first-order chi connectivity index (χ1) is 8.87. The molecule has 0 amide bonds. The van der Waals surface area contributed by atoms with Gasteiger partial charge in [-0.05, 0) is 24.7 Å². The lowest BCUT2D eigenvalue weighted by Gasteiger charge is -2.27. The van der Waals surface area contributed by atoms with Gasteiger partial charge in [0.05, 0.1) is 12.9 Å². The maximum atomic E-state index is 11.2. The van der Waals surface area contributed by atoms with Crippen molar-refractivity contribution in [3.05, 3.63) is 29.8 Å². The molecule has 0 saturated heterocycles. The Morgan fingerprint density at radius 1 is 1.42 bits per heavy atom. The van der Waals surface area contributed by atoms with Crippen LogP contribution in [0.5, 0.6) is 5.75 Å². The minimum atomic E-state index is -2.96. The Hall–Kier alpha value is -1.11. The van der Waals surface area contributed by atoms with Crippen LogP contribution >= 0.6 is 0 Å². The molecule has 1 unspecified atom stereocenters. The van der Waals surface area contributed by atoms with Gasteiger partial charge in [0.2, 0.25) is 0 Å². The molecule has 108 valence electrons. The van der Waals surface area contributed by atoms with Gasteiger partial charge < -0.3 is 10.5 Å². The van der Waals surface area contributed by atoms with E-state index in [0.29, 0.717) is 13.1 Å². The van der Waals surface area contributed by atoms with Crippen molar-refractivity contribution in [2.75, 3.05) is 39.3 Å². The minimum absolute atomic E-state index is 0.0168. The number of nitrogens with two attached hydrogens (primary N) is 1. The molecule has 0 aromatic heterocycles. The van der Waals surface area contributed by atoms with Crippen LogP contribution in [0.3, 0.4) is 0 Å². The van der Waals surface area contributed by atoms with E-state index >= 15 is 0 Å². The molecule has 0 aliphatic rings. The summed E-state index contributed by atoms with van der Waals surface area (Å²) in [6, 6.07) is 7.65. The van der Waals surface area contributed by atoms with E-state index in [2.05, 4.69) is 0 Å². The van der Waals surface area contributed by atoms with E-state index in [9.17, 15) is 8.42 Å². The molecule has 2 N–H and O–H groups in total. The van der Waals surface area contributed by atoms with Crippen LogP contribution in [0.15, 0.2) is 24.3 Å². The Morgan fingerprint density at radius 3 is 2.63 bits per heavy atom. The van der Waals surface area contributed by atoms with Gasteiger partial charge in [-0.3, -0.25) is 4.90 Å². The predicted octanol–water partition coefficient (Wildman–Crippen LogP) is 0.671. The van der Waals surface area contributed by atoms with Gasteiger partial charge >= 0.3 is 0 Å². The van der Waals surface area contributed by atoms with Crippen molar-refractivity contribution < 1.29 is 13.2 Å². The molecule has 0 aliphatic carbocycles. The first-order valence-corrected chi connectivity index (χ1v) is 8.15. The van der Waals surface area contributed by atoms with Crippen LogP contribution in [-0.2, 0) is 9.84 Å². The first kappa shape index (κ1) is 15.9. The van der Waals surface area contributed by atoms with E-state index < -0.39 is 9.84 Å². The molecule has 5 nitrogen and oxygen atoms in total. The van der Waals surface area contributed by atoms with Gasteiger partial charge in [-0.1, -0.05) is 12.1 Å². The maximum absolute atomic E-state index is 11.2. The second-order valence-corrected chi connectivity index (χ2v) is 6.90. The molecule has 0 aliphatic heterocycles. The number of rotatable bonds is 7. The van der Waals surface area contributed by atoms with Crippen LogP contribution in [0.2, 0.25) is 0 Å². The minimum Gasteiger partial charge on any atom is -0.497 e. The second-order valence-electron chi connectivity index (χ2n) is 4.64. The summed E-state index contributed by atoms with van der Waals surface area (Å²) in [5.41, 5.74) is 6.83. The molecule has 0 radical (unpaired) electrons. The van der Waals surface area contributed by atoms with Crippen molar-refractivity contribution >= 4 is 9.84 Å². The topological polar surface area (TPSA) is 72.6 Å². The summed E-state index contributed by atoms with van der Waals surface area (Å²) >= 11 is 0. The van der Waals surface area contributed by atoms with Crippen LogP contribution in [0.1, 0.15) is 11.6 Å². The Kier molecular flexibility index (Phi) is 5.78. The Bertz CT molecular complexity index is 502. The average molecular weight is 286 g/mol. The normalized spacial score (nSPS) is 13.5.